The molecule has 2 N–H and O–H groups in total. The van der Waals surface area contributed by atoms with E-state index in [0.29, 0.717) is 11.5 Å². The number of carbonyl (C=O) groups is 2. The first-order valence-corrected chi connectivity index (χ1v) is 6.67. The third kappa shape index (κ3) is 2.07. The minimum Gasteiger partial charge on any atom is -0.397 e. The van der Waals surface area contributed by atoms with Gasteiger partial charge in [0.25, 0.3) is 0 Å². The van der Waals surface area contributed by atoms with Gasteiger partial charge in [-0.05, 0) is 24.6 Å². The van der Waals surface area contributed by atoms with Crippen LogP contribution in [0.4, 0.5) is 11.5 Å². The summed E-state index contributed by atoms with van der Waals surface area (Å²) in [6, 6.07) is 12.6. The molecule has 1 saturated heterocycles. The van der Waals surface area contributed by atoms with Crippen molar-refractivity contribution in [1.82, 2.24) is 4.98 Å². The van der Waals surface area contributed by atoms with Crippen LogP contribution in [-0.4, -0.2) is 16.8 Å². The average molecular weight is 281 g/mol. The van der Waals surface area contributed by atoms with Crippen LogP contribution in [-0.2, 0) is 15.0 Å². The van der Waals surface area contributed by atoms with Gasteiger partial charge in [0.1, 0.15) is 5.82 Å². The molecule has 0 radical (unpaired) electrons. The molecular formula is C16H15N3O2. The number of anilines is 2. The summed E-state index contributed by atoms with van der Waals surface area (Å²) in [6.45, 7) is 1.79. The first kappa shape index (κ1) is 13.3. The van der Waals surface area contributed by atoms with Gasteiger partial charge in [0, 0.05) is 6.42 Å². The molecule has 2 aromatic rings. The Morgan fingerprint density at radius 2 is 1.86 bits per heavy atom. The summed E-state index contributed by atoms with van der Waals surface area (Å²) < 4.78 is 0. The number of hydrogen-bond donors (Lipinski definition) is 1. The Labute approximate surface area is 122 Å². The van der Waals surface area contributed by atoms with E-state index in [1.165, 1.54) is 6.20 Å². The average Bonchev–Trinajstić information content (AvgIpc) is 2.72. The van der Waals surface area contributed by atoms with E-state index in [1.807, 2.05) is 30.3 Å². The molecule has 1 unspecified atom stereocenters. The number of nitrogens with two attached hydrogens (primary N) is 1. The summed E-state index contributed by atoms with van der Waals surface area (Å²) in [4.78, 5) is 30.3. The topological polar surface area (TPSA) is 76.3 Å². The molecule has 106 valence electrons. The Morgan fingerprint density at radius 3 is 2.48 bits per heavy atom. The molecule has 0 aliphatic carbocycles. The van der Waals surface area contributed by atoms with Crippen molar-refractivity contribution in [3.05, 3.63) is 54.2 Å². The van der Waals surface area contributed by atoms with Gasteiger partial charge in [-0.15, -0.1) is 0 Å². The number of nitrogens with zero attached hydrogens (tertiary/aromatic N) is 2. The van der Waals surface area contributed by atoms with Crippen molar-refractivity contribution in [3.63, 3.8) is 0 Å². The standard InChI is InChI=1S/C16H15N3O2/c1-16(11-5-3-2-4-6-11)9-14(20)19(15(16)21)13-8-7-12(17)10-18-13/h2-8,10H,9,17H2,1H3. The molecule has 0 bridgehead atoms. The third-order valence-electron chi connectivity index (χ3n) is 3.84. The fourth-order valence-corrected chi connectivity index (χ4v) is 2.61. The fraction of sp³-hybridized carbons (Fsp3) is 0.188. The largest absolute Gasteiger partial charge is 0.397 e. The van der Waals surface area contributed by atoms with E-state index in [0.717, 1.165) is 10.5 Å². The molecular weight excluding hydrogens is 266 g/mol. The van der Waals surface area contributed by atoms with E-state index in [1.54, 1.807) is 19.1 Å². The highest BCUT2D eigenvalue weighted by Crippen LogP contribution is 2.37. The quantitative estimate of drug-likeness (QED) is 0.853. The first-order valence-electron chi connectivity index (χ1n) is 6.67. The maximum Gasteiger partial charge on any atom is 0.245 e. The van der Waals surface area contributed by atoms with Crippen LogP contribution >= 0.6 is 0 Å². The Kier molecular flexibility index (Phi) is 2.97. The Hall–Kier alpha value is -2.69. The van der Waals surface area contributed by atoms with Crippen molar-refractivity contribution >= 4 is 23.3 Å². The van der Waals surface area contributed by atoms with Crippen LogP contribution in [0.25, 0.3) is 0 Å². The predicted octanol–water partition coefficient (Wildman–Crippen LogP) is 1.89. The lowest BCUT2D eigenvalue weighted by Crippen LogP contribution is -2.37. The maximum atomic E-state index is 12.8. The summed E-state index contributed by atoms with van der Waals surface area (Å²) in [5.74, 6) is -0.182. The van der Waals surface area contributed by atoms with Crippen LogP contribution in [0.2, 0.25) is 0 Å². The maximum absolute atomic E-state index is 12.8. The molecule has 1 aromatic carbocycles. The van der Waals surface area contributed by atoms with E-state index < -0.39 is 5.41 Å². The molecule has 1 aliphatic rings. The Bertz CT molecular complexity index is 697. The third-order valence-corrected chi connectivity index (χ3v) is 3.84. The highest BCUT2D eigenvalue weighted by molar-refractivity contribution is 6.24. The van der Waals surface area contributed by atoms with Crippen LogP contribution in [0.5, 0.6) is 0 Å². The minimum atomic E-state index is -0.846. The molecule has 5 nitrogen and oxygen atoms in total. The summed E-state index contributed by atoms with van der Waals surface area (Å²) in [5, 5.41) is 0. The van der Waals surface area contributed by atoms with E-state index in [9.17, 15) is 9.59 Å². The second-order valence-electron chi connectivity index (χ2n) is 5.36. The first-order chi connectivity index (χ1) is 10.0. The Morgan fingerprint density at radius 1 is 1.14 bits per heavy atom. The number of nitrogen functional groups attached to an aromatic ring is 1. The van der Waals surface area contributed by atoms with E-state index in [4.69, 9.17) is 5.73 Å². The van der Waals surface area contributed by atoms with Gasteiger partial charge < -0.3 is 5.73 Å². The van der Waals surface area contributed by atoms with E-state index >= 15 is 0 Å². The molecule has 1 aromatic heterocycles. The Balaban J connectivity index is 2.01. The molecule has 0 spiro atoms. The van der Waals surface area contributed by atoms with Gasteiger partial charge in [0.15, 0.2) is 0 Å². The summed E-state index contributed by atoms with van der Waals surface area (Å²) in [5.41, 5.74) is 6.07. The number of hydrogen-bond acceptors (Lipinski definition) is 4. The van der Waals surface area contributed by atoms with Gasteiger partial charge in [0.2, 0.25) is 11.8 Å². The van der Waals surface area contributed by atoms with Crippen molar-refractivity contribution in [1.29, 1.82) is 0 Å². The number of rotatable bonds is 2. The van der Waals surface area contributed by atoms with Gasteiger partial charge in [0.05, 0.1) is 17.3 Å². The summed E-state index contributed by atoms with van der Waals surface area (Å²) in [7, 11) is 0. The number of aromatic nitrogens is 1. The molecule has 1 aliphatic heterocycles. The molecule has 1 fully saturated rings. The monoisotopic (exact) mass is 281 g/mol. The molecule has 21 heavy (non-hydrogen) atoms. The number of carbonyl (C=O) groups excluding carboxylic acids is 2. The van der Waals surface area contributed by atoms with Crippen molar-refractivity contribution in [2.24, 2.45) is 0 Å². The molecule has 5 heteroatoms. The van der Waals surface area contributed by atoms with Crippen LogP contribution < -0.4 is 10.6 Å². The van der Waals surface area contributed by atoms with Crippen LogP contribution in [0.15, 0.2) is 48.7 Å². The van der Waals surface area contributed by atoms with Crippen molar-refractivity contribution < 1.29 is 9.59 Å². The van der Waals surface area contributed by atoms with Crippen molar-refractivity contribution in [3.8, 4) is 0 Å². The molecule has 2 amide bonds. The highest BCUT2D eigenvalue weighted by atomic mass is 16.2. The normalized spacial score (nSPS) is 21.9. The van der Waals surface area contributed by atoms with Gasteiger partial charge in [-0.1, -0.05) is 30.3 Å². The van der Waals surface area contributed by atoms with Gasteiger partial charge in [-0.3, -0.25) is 9.59 Å². The number of imide groups is 1. The second-order valence-corrected chi connectivity index (χ2v) is 5.36. The molecule has 0 saturated carbocycles. The molecule has 1 atom stereocenters. The van der Waals surface area contributed by atoms with Gasteiger partial charge >= 0.3 is 0 Å². The number of amides is 2. The van der Waals surface area contributed by atoms with Gasteiger partial charge in [-0.25, -0.2) is 9.88 Å². The van der Waals surface area contributed by atoms with E-state index in [2.05, 4.69) is 4.98 Å². The van der Waals surface area contributed by atoms with Crippen LogP contribution in [0.3, 0.4) is 0 Å². The zero-order valence-electron chi connectivity index (χ0n) is 11.6. The lowest BCUT2D eigenvalue weighted by molar-refractivity contribution is -0.122. The summed E-state index contributed by atoms with van der Waals surface area (Å²) in [6.07, 6.45) is 1.58. The lowest BCUT2D eigenvalue weighted by atomic mass is 9.81. The van der Waals surface area contributed by atoms with E-state index in [-0.39, 0.29) is 18.2 Å². The van der Waals surface area contributed by atoms with Gasteiger partial charge in [-0.2, -0.15) is 0 Å². The fourth-order valence-electron chi connectivity index (χ4n) is 2.61. The predicted molar refractivity (Wildman–Crippen MR) is 79.6 cm³/mol. The highest BCUT2D eigenvalue weighted by Gasteiger charge is 2.50. The SMILES string of the molecule is CC1(c2ccccc2)CC(=O)N(c2ccc(N)cn2)C1=O. The van der Waals surface area contributed by atoms with Crippen molar-refractivity contribution in [2.75, 3.05) is 10.6 Å². The number of pyridine rings is 1. The second kappa shape index (κ2) is 4.70. The van der Waals surface area contributed by atoms with Crippen LogP contribution in [0, 0.1) is 0 Å². The molecule has 3 rings (SSSR count). The smallest absolute Gasteiger partial charge is 0.245 e. The lowest BCUT2D eigenvalue weighted by Gasteiger charge is -2.22. The zero-order chi connectivity index (χ0) is 15.0. The minimum absolute atomic E-state index is 0.141. The summed E-state index contributed by atoms with van der Waals surface area (Å²) >= 11 is 0. The molecule has 2 heterocycles. The van der Waals surface area contributed by atoms with Crippen LogP contribution in [0.1, 0.15) is 18.9 Å². The zero-order valence-corrected chi connectivity index (χ0v) is 11.6. The number of benzene rings is 1. The van der Waals surface area contributed by atoms with Crippen molar-refractivity contribution in [2.45, 2.75) is 18.8 Å².